The van der Waals surface area contributed by atoms with Gasteiger partial charge >= 0.3 is 5.97 Å². The summed E-state index contributed by atoms with van der Waals surface area (Å²) in [6.07, 6.45) is 3.32. The highest BCUT2D eigenvalue weighted by Crippen LogP contribution is 2.32. The first-order valence-electron chi connectivity index (χ1n) is 6.58. The fourth-order valence-corrected chi connectivity index (χ4v) is 2.71. The van der Waals surface area contributed by atoms with Gasteiger partial charge < -0.3 is 15.7 Å². The van der Waals surface area contributed by atoms with E-state index in [0.717, 1.165) is 12.8 Å². The maximum Gasteiger partial charge on any atom is 0.323 e. The van der Waals surface area contributed by atoms with Crippen LogP contribution in [0.5, 0.6) is 0 Å². The predicted molar refractivity (Wildman–Crippen MR) is 69.0 cm³/mol. The lowest BCUT2D eigenvalue weighted by atomic mass is 9.76. The van der Waals surface area contributed by atoms with Crippen LogP contribution in [0.15, 0.2) is 0 Å². The summed E-state index contributed by atoms with van der Waals surface area (Å²) in [7, 11) is 0. The van der Waals surface area contributed by atoms with Crippen LogP contribution in [0.25, 0.3) is 0 Å². The van der Waals surface area contributed by atoms with Crippen LogP contribution in [0.1, 0.15) is 46.5 Å². The number of carboxylic acid groups (broad SMARTS) is 1. The minimum atomic E-state index is -0.996. The lowest BCUT2D eigenvalue weighted by Crippen LogP contribution is -2.59. The third kappa shape index (κ3) is 3.45. The molecule has 1 aliphatic rings. The van der Waals surface area contributed by atoms with Crippen LogP contribution in [0.4, 0.5) is 0 Å². The second-order valence-corrected chi connectivity index (χ2v) is 5.78. The molecule has 0 aromatic carbocycles. The zero-order valence-corrected chi connectivity index (χ0v) is 11.5. The number of nitrogens with two attached hydrogens (primary N) is 1. The van der Waals surface area contributed by atoms with E-state index in [1.54, 1.807) is 0 Å². The van der Waals surface area contributed by atoms with Crippen molar-refractivity contribution in [1.29, 1.82) is 0 Å². The van der Waals surface area contributed by atoms with E-state index < -0.39 is 11.5 Å². The summed E-state index contributed by atoms with van der Waals surface area (Å²) in [6, 6.07) is -0.147. The summed E-state index contributed by atoms with van der Waals surface area (Å²) in [4.78, 5) is 24.7. The molecule has 5 nitrogen and oxygen atoms in total. The van der Waals surface area contributed by atoms with Crippen LogP contribution in [0, 0.1) is 5.92 Å². The van der Waals surface area contributed by atoms with Crippen molar-refractivity contribution in [1.82, 2.24) is 4.90 Å². The van der Waals surface area contributed by atoms with Crippen LogP contribution in [0.2, 0.25) is 0 Å². The Morgan fingerprint density at radius 1 is 1.50 bits per heavy atom. The molecule has 0 aliphatic heterocycles. The van der Waals surface area contributed by atoms with Crippen molar-refractivity contribution >= 4 is 11.9 Å². The number of carboxylic acids is 1. The van der Waals surface area contributed by atoms with E-state index in [9.17, 15) is 9.59 Å². The van der Waals surface area contributed by atoms with E-state index >= 15 is 0 Å². The van der Waals surface area contributed by atoms with Gasteiger partial charge in [-0.05, 0) is 32.6 Å². The number of carbonyl (C=O) groups excluding carboxylic acids is 1. The number of carbonyl (C=O) groups is 2. The molecular weight excluding hydrogens is 232 g/mol. The van der Waals surface area contributed by atoms with E-state index in [4.69, 9.17) is 10.8 Å². The molecule has 1 fully saturated rings. The van der Waals surface area contributed by atoms with Crippen molar-refractivity contribution in [3.8, 4) is 0 Å². The summed E-state index contributed by atoms with van der Waals surface area (Å²) in [5.41, 5.74) is 5.35. The Bertz CT molecular complexity index is 330. The quantitative estimate of drug-likeness (QED) is 0.792. The topological polar surface area (TPSA) is 83.6 Å². The molecule has 2 atom stereocenters. The summed E-state index contributed by atoms with van der Waals surface area (Å²) >= 11 is 0. The van der Waals surface area contributed by atoms with Crippen molar-refractivity contribution in [2.24, 2.45) is 11.7 Å². The maximum absolute atomic E-state index is 12.5. The van der Waals surface area contributed by atoms with Gasteiger partial charge in [0, 0.05) is 6.04 Å². The first kappa shape index (κ1) is 15.0. The van der Waals surface area contributed by atoms with E-state index in [2.05, 4.69) is 6.92 Å². The van der Waals surface area contributed by atoms with E-state index in [1.807, 2.05) is 13.8 Å². The van der Waals surface area contributed by atoms with Crippen LogP contribution < -0.4 is 5.73 Å². The van der Waals surface area contributed by atoms with Gasteiger partial charge in [-0.3, -0.25) is 9.59 Å². The minimum absolute atomic E-state index is 0.147. The SMILES string of the molecule is CC1CCCC(N)(C(=O)N(CC(=O)O)C(C)C)C1. The zero-order valence-electron chi connectivity index (χ0n) is 11.5. The Morgan fingerprint density at radius 3 is 2.56 bits per heavy atom. The van der Waals surface area contributed by atoms with Crippen molar-refractivity contribution < 1.29 is 14.7 Å². The Hall–Kier alpha value is -1.10. The Balaban J connectivity index is 2.84. The Labute approximate surface area is 108 Å². The highest BCUT2D eigenvalue weighted by molar-refractivity contribution is 5.89. The van der Waals surface area contributed by atoms with Crippen LogP contribution >= 0.6 is 0 Å². The summed E-state index contributed by atoms with van der Waals surface area (Å²) < 4.78 is 0. The average Bonchev–Trinajstić information content (AvgIpc) is 2.24. The highest BCUT2D eigenvalue weighted by atomic mass is 16.4. The van der Waals surface area contributed by atoms with Crippen LogP contribution in [-0.4, -0.2) is 40.0 Å². The first-order valence-corrected chi connectivity index (χ1v) is 6.58. The van der Waals surface area contributed by atoms with Crippen molar-refractivity contribution in [3.05, 3.63) is 0 Å². The smallest absolute Gasteiger partial charge is 0.323 e. The zero-order chi connectivity index (χ0) is 13.9. The minimum Gasteiger partial charge on any atom is -0.480 e. The van der Waals surface area contributed by atoms with Gasteiger partial charge in [0.05, 0.1) is 5.54 Å². The van der Waals surface area contributed by atoms with Gasteiger partial charge in [-0.1, -0.05) is 19.8 Å². The lowest BCUT2D eigenvalue weighted by molar-refractivity contribution is -0.149. The molecule has 2 unspecified atom stereocenters. The summed E-state index contributed by atoms with van der Waals surface area (Å²) in [6.45, 7) is 5.45. The van der Waals surface area contributed by atoms with Gasteiger partial charge in [0.1, 0.15) is 6.54 Å². The highest BCUT2D eigenvalue weighted by Gasteiger charge is 2.41. The number of aliphatic carboxylic acids is 1. The molecule has 0 bridgehead atoms. The molecule has 104 valence electrons. The average molecular weight is 256 g/mol. The number of amides is 1. The molecule has 0 aromatic heterocycles. The maximum atomic E-state index is 12.5. The van der Waals surface area contributed by atoms with Crippen molar-refractivity contribution in [2.75, 3.05) is 6.54 Å². The van der Waals surface area contributed by atoms with Crippen molar-refractivity contribution in [2.45, 2.75) is 58.0 Å². The number of rotatable bonds is 4. The number of hydrogen-bond acceptors (Lipinski definition) is 3. The Kier molecular flexibility index (Phi) is 4.73. The monoisotopic (exact) mass is 256 g/mol. The molecule has 0 saturated heterocycles. The second kappa shape index (κ2) is 5.69. The number of hydrogen-bond donors (Lipinski definition) is 2. The molecule has 0 aromatic rings. The van der Waals surface area contributed by atoms with Crippen LogP contribution in [-0.2, 0) is 9.59 Å². The van der Waals surface area contributed by atoms with E-state index in [0.29, 0.717) is 18.8 Å². The van der Waals surface area contributed by atoms with Gasteiger partial charge in [0.15, 0.2) is 0 Å². The molecule has 1 amide bonds. The summed E-state index contributed by atoms with van der Waals surface area (Å²) in [5, 5.41) is 8.88. The predicted octanol–water partition coefficient (Wildman–Crippen LogP) is 1.22. The fourth-order valence-electron chi connectivity index (χ4n) is 2.71. The second-order valence-electron chi connectivity index (χ2n) is 5.78. The summed E-state index contributed by atoms with van der Waals surface area (Å²) in [5.74, 6) is -0.789. The number of nitrogens with zero attached hydrogens (tertiary/aromatic N) is 1. The van der Waals surface area contributed by atoms with Gasteiger partial charge in [-0.2, -0.15) is 0 Å². The standard InChI is InChI=1S/C13H24N2O3/c1-9(2)15(8-11(16)17)12(18)13(14)6-4-5-10(3)7-13/h9-10H,4-8,14H2,1-3H3,(H,16,17). The molecule has 1 aliphatic carbocycles. The molecule has 5 heteroatoms. The molecule has 1 rings (SSSR count). The molecule has 0 radical (unpaired) electrons. The third-order valence-corrected chi connectivity index (χ3v) is 3.65. The molecule has 0 heterocycles. The fraction of sp³-hybridized carbons (Fsp3) is 0.846. The van der Waals surface area contributed by atoms with Gasteiger partial charge in [-0.15, -0.1) is 0 Å². The lowest BCUT2D eigenvalue weighted by Gasteiger charge is -2.40. The first-order chi connectivity index (χ1) is 8.26. The van der Waals surface area contributed by atoms with E-state index in [-0.39, 0.29) is 18.5 Å². The molecule has 3 N–H and O–H groups in total. The molecule has 0 spiro atoms. The Morgan fingerprint density at radius 2 is 2.11 bits per heavy atom. The van der Waals surface area contributed by atoms with Gasteiger partial charge in [0.25, 0.3) is 0 Å². The van der Waals surface area contributed by atoms with Gasteiger partial charge in [0.2, 0.25) is 5.91 Å². The third-order valence-electron chi connectivity index (χ3n) is 3.65. The molecule has 1 saturated carbocycles. The molecular formula is C13H24N2O3. The normalized spacial score (nSPS) is 28.2. The largest absolute Gasteiger partial charge is 0.480 e. The van der Waals surface area contributed by atoms with E-state index in [1.165, 1.54) is 4.90 Å². The van der Waals surface area contributed by atoms with Crippen molar-refractivity contribution in [3.63, 3.8) is 0 Å². The molecule has 18 heavy (non-hydrogen) atoms. The van der Waals surface area contributed by atoms with Crippen LogP contribution in [0.3, 0.4) is 0 Å². The van der Waals surface area contributed by atoms with Gasteiger partial charge in [-0.25, -0.2) is 0 Å².